The minimum Gasteiger partial charge on any atom is -0.465 e. The van der Waals surface area contributed by atoms with E-state index in [1.54, 1.807) is 24.5 Å². The number of rotatable bonds is 6. The number of anilines is 3. The van der Waals surface area contributed by atoms with E-state index in [1.165, 1.54) is 31.5 Å². The van der Waals surface area contributed by atoms with Crippen molar-refractivity contribution in [3.63, 3.8) is 0 Å². The maximum absolute atomic E-state index is 13.1. The molecule has 1 aliphatic heterocycles. The molecule has 1 aliphatic rings. The quantitative estimate of drug-likeness (QED) is 0.498. The van der Waals surface area contributed by atoms with Crippen LogP contribution >= 0.6 is 11.6 Å². The molecule has 3 aromatic rings. The number of halogens is 1. The van der Waals surface area contributed by atoms with Crippen molar-refractivity contribution in [1.82, 2.24) is 9.97 Å². The van der Waals surface area contributed by atoms with E-state index < -0.39 is 11.9 Å². The zero-order valence-corrected chi connectivity index (χ0v) is 19.8. The van der Waals surface area contributed by atoms with Gasteiger partial charge in [0.25, 0.3) is 5.91 Å². The predicted molar refractivity (Wildman–Crippen MR) is 133 cm³/mol. The number of piperidine rings is 1. The van der Waals surface area contributed by atoms with Crippen LogP contribution in [0, 0.1) is 5.92 Å². The summed E-state index contributed by atoms with van der Waals surface area (Å²) in [5.74, 6) is -1.20. The van der Waals surface area contributed by atoms with Gasteiger partial charge in [0.2, 0.25) is 5.91 Å². The first-order chi connectivity index (χ1) is 16.9. The van der Waals surface area contributed by atoms with Gasteiger partial charge in [-0.25, -0.2) is 9.78 Å². The predicted octanol–water partition coefficient (Wildman–Crippen LogP) is 4.02. The number of amides is 2. The van der Waals surface area contributed by atoms with E-state index in [9.17, 15) is 14.4 Å². The molecule has 0 radical (unpaired) electrons. The van der Waals surface area contributed by atoms with E-state index in [2.05, 4.69) is 25.5 Å². The summed E-state index contributed by atoms with van der Waals surface area (Å²) in [5, 5.41) is 5.97. The van der Waals surface area contributed by atoms with Crippen molar-refractivity contribution in [2.75, 3.05) is 35.7 Å². The Morgan fingerprint density at radius 1 is 1.03 bits per heavy atom. The Morgan fingerprint density at radius 3 is 2.43 bits per heavy atom. The van der Waals surface area contributed by atoms with Gasteiger partial charge in [-0.3, -0.25) is 14.6 Å². The van der Waals surface area contributed by atoms with Crippen molar-refractivity contribution >= 4 is 46.6 Å². The standard InChI is InChI=1S/C25H24ClN5O4/c1-35-25(34)17-2-4-20(24(33)30-22-5-3-18(26)15-28-22)21(14-17)29-23(32)16-8-12-31(13-9-16)19-6-10-27-11-7-19/h2-7,10-11,14-16H,8-9,12-13H2,1H3,(H,29,32)(H,28,30,33). The molecule has 0 bridgehead atoms. The van der Waals surface area contributed by atoms with E-state index >= 15 is 0 Å². The van der Waals surface area contributed by atoms with Gasteiger partial charge < -0.3 is 20.3 Å². The number of benzene rings is 1. The lowest BCUT2D eigenvalue weighted by Crippen LogP contribution is -2.38. The third-order valence-electron chi connectivity index (χ3n) is 5.81. The number of pyridine rings is 2. The van der Waals surface area contributed by atoms with Crippen molar-refractivity contribution < 1.29 is 19.1 Å². The van der Waals surface area contributed by atoms with Gasteiger partial charge in [0.05, 0.1) is 28.9 Å². The summed E-state index contributed by atoms with van der Waals surface area (Å²) in [7, 11) is 1.27. The number of aromatic nitrogens is 2. The zero-order valence-electron chi connectivity index (χ0n) is 19.0. The van der Waals surface area contributed by atoms with Crippen LogP contribution in [0.15, 0.2) is 61.1 Å². The lowest BCUT2D eigenvalue weighted by molar-refractivity contribution is -0.120. The van der Waals surface area contributed by atoms with Crippen molar-refractivity contribution in [3.05, 3.63) is 77.2 Å². The second-order valence-corrected chi connectivity index (χ2v) is 8.46. The lowest BCUT2D eigenvalue weighted by Gasteiger charge is -2.33. The van der Waals surface area contributed by atoms with Crippen LogP contribution < -0.4 is 15.5 Å². The Balaban J connectivity index is 1.49. The Labute approximate surface area is 207 Å². The summed E-state index contributed by atoms with van der Waals surface area (Å²) in [6, 6.07) is 11.4. The summed E-state index contributed by atoms with van der Waals surface area (Å²) in [5.41, 5.74) is 1.70. The number of hydrogen-bond donors (Lipinski definition) is 2. The van der Waals surface area contributed by atoms with Crippen LogP contribution in [-0.4, -0.2) is 48.0 Å². The van der Waals surface area contributed by atoms with Crippen LogP contribution in [0.25, 0.3) is 0 Å². The van der Waals surface area contributed by atoms with Crippen LogP contribution in [0.4, 0.5) is 17.2 Å². The first-order valence-electron chi connectivity index (χ1n) is 11.1. The van der Waals surface area contributed by atoms with Gasteiger partial charge in [-0.2, -0.15) is 0 Å². The van der Waals surface area contributed by atoms with E-state index in [0.29, 0.717) is 23.7 Å². The first kappa shape index (κ1) is 24.2. The SMILES string of the molecule is COC(=O)c1ccc(C(=O)Nc2ccc(Cl)cn2)c(NC(=O)C2CCN(c3ccncc3)CC2)c1. The van der Waals surface area contributed by atoms with Crippen LogP contribution in [0.5, 0.6) is 0 Å². The number of nitrogens with zero attached hydrogens (tertiary/aromatic N) is 3. The van der Waals surface area contributed by atoms with Gasteiger partial charge in [0.1, 0.15) is 5.82 Å². The van der Waals surface area contributed by atoms with Crippen molar-refractivity contribution in [2.24, 2.45) is 5.92 Å². The molecule has 0 aliphatic carbocycles. The molecule has 0 saturated carbocycles. The second-order valence-electron chi connectivity index (χ2n) is 8.02. The van der Waals surface area contributed by atoms with Gasteiger partial charge in [-0.1, -0.05) is 11.6 Å². The third kappa shape index (κ3) is 5.93. The fourth-order valence-corrected chi connectivity index (χ4v) is 4.03. The maximum Gasteiger partial charge on any atom is 0.337 e. The summed E-state index contributed by atoms with van der Waals surface area (Å²) in [4.78, 5) is 48.5. The highest BCUT2D eigenvalue weighted by molar-refractivity contribution is 6.30. The Bertz CT molecular complexity index is 1210. The molecule has 4 rings (SSSR count). The molecule has 1 aromatic carbocycles. The molecule has 2 N–H and O–H groups in total. The molecule has 0 spiro atoms. The van der Waals surface area contributed by atoms with Gasteiger partial charge in [-0.05, 0) is 55.3 Å². The van der Waals surface area contributed by atoms with Gasteiger partial charge in [0.15, 0.2) is 0 Å². The van der Waals surface area contributed by atoms with Crippen LogP contribution in [0.3, 0.4) is 0 Å². The molecular formula is C25H24ClN5O4. The molecule has 35 heavy (non-hydrogen) atoms. The summed E-state index contributed by atoms with van der Waals surface area (Å²) >= 11 is 5.85. The molecule has 0 atom stereocenters. The highest BCUT2D eigenvalue weighted by Gasteiger charge is 2.27. The molecule has 10 heteroatoms. The van der Waals surface area contributed by atoms with E-state index in [1.807, 2.05) is 12.1 Å². The average molecular weight is 494 g/mol. The fraction of sp³-hybridized carbons (Fsp3) is 0.240. The molecule has 2 amide bonds. The highest BCUT2D eigenvalue weighted by Crippen LogP contribution is 2.26. The Kier molecular flexibility index (Phi) is 7.57. The number of carbonyl (C=O) groups excluding carboxylic acids is 3. The largest absolute Gasteiger partial charge is 0.465 e. The molecule has 3 heterocycles. The Hall–Kier alpha value is -3.98. The number of ether oxygens (including phenoxy) is 1. The number of hydrogen-bond acceptors (Lipinski definition) is 7. The molecule has 1 saturated heterocycles. The normalized spacial score (nSPS) is 13.7. The number of nitrogens with one attached hydrogen (secondary N) is 2. The monoisotopic (exact) mass is 493 g/mol. The second kappa shape index (κ2) is 11.0. The molecule has 0 unspecified atom stereocenters. The molecule has 180 valence electrons. The first-order valence-corrected chi connectivity index (χ1v) is 11.4. The lowest BCUT2D eigenvalue weighted by atomic mass is 9.95. The van der Waals surface area contributed by atoms with Gasteiger partial charge in [-0.15, -0.1) is 0 Å². The fourth-order valence-electron chi connectivity index (χ4n) is 3.91. The van der Waals surface area contributed by atoms with Crippen LogP contribution in [0.2, 0.25) is 5.02 Å². The zero-order chi connectivity index (χ0) is 24.8. The number of esters is 1. The van der Waals surface area contributed by atoms with Gasteiger partial charge in [0, 0.05) is 43.3 Å². The van der Waals surface area contributed by atoms with Crippen molar-refractivity contribution in [3.8, 4) is 0 Å². The third-order valence-corrected chi connectivity index (χ3v) is 6.03. The van der Waals surface area contributed by atoms with Crippen molar-refractivity contribution in [2.45, 2.75) is 12.8 Å². The Morgan fingerprint density at radius 2 is 1.77 bits per heavy atom. The van der Waals surface area contributed by atoms with E-state index in [-0.39, 0.29) is 28.6 Å². The number of carbonyl (C=O) groups is 3. The minimum absolute atomic E-state index is 0.192. The van der Waals surface area contributed by atoms with Gasteiger partial charge >= 0.3 is 5.97 Å². The highest BCUT2D eigenvalue weighted by atomic mass is 35.5. The van der Waals surface area contributed by atoms with E-state index in [4.69, 9.17) is 16.3 Å². The maximum atomic E-state index is 13.1. The van der Waals surface area contributed by atoms with Crippen LogP contribution in [0.1, 0.15) is 33.6 Å². The van der Waals surface area contributed by atoms with Crippen LogP contribution in [-0.2, 0) is 9.53 Å². The summed E-state index contributed by atoms with van der Waals surface area (Å²) < 4.78 is 4.79. The number of methoxy groups -OCH3 is 1. The minimum atomic E-state index is -0.572. The summed E-state index contributed by atoms with van der Waals surface area (Å²) in [6.45, 7) is 1.44. The molecule has 9 nitrogen and oxygen atoms in total. The molecular weight excluding hydrogens is 470 g/mol. The summed E-state index contributed by atoms with van der Waals surface area (Å²) in [6.07, 6.45) is 6.21. The molecule has 2 aromatic heterocycles. The average Bonchev–Trinajstić information content (AvgIpc) is 2.90. The smallest absolute Gasteiger partial charge is 0.337 e. The molecule has 1 fully saturated rings. The topological polar surface area (TPSA) is 114 Å². The van der Waals surface area contributed by atoms with Crippen molar-refractivity contribution in [1.29, 1.82) is 0 Å². The van der Waals surface area contributed by atoms with E-state index in [0.717, 1.165) is 18.8 Å².